The van der Waals surface area contributed by atoms with Crippen LogP contribution >= 0.6 is 11.3 Å². The SMILES string of the molecule is O=C(NCCOc1ccccc1)c1ccc2nc(Nc3cccnc3)sc2c1. The number of aromatic nitrogens is 2. The lowest BCUT2D eigenvalue weighted by atomic mass is 10.2. The molecule has 0 aliphatic heterocycles. The van der Waals surface area contributed by atoms with E-state index in [-0.39, 0.29) is 5.91 Å². The van der Waals surface area contributed by atoms with Crippen LogP contribution in [0.5, 0.6) is 5.75 Å². The number of anilines is 2. The lowest BCUT2D eigenvalue weighted by molar-refractivity contribution is 0.0947. The number of pyridine rings is 1. The molecule has 28 heavy (non-hydrogen) atoms. The van der Waals surface area contributed by atoms with Gasteiger partial charge in [0.1, 0.15) is 12.4 Å². The Morgan fingerprint density at radius 2 is 1.96 bits per heavy atom. The fraction of sp³-hybridized carbons (Fsp3) is 0.0952. The minimum absolute atomic E-state index is 0.131. The number of para-hydroxylation sites is 1. The second-order valence-electron chi connectivity index (χ2n) is 5.99. The van der Waals surface area contributed by atoms with Gasteiger partial charge in [-0.05, 0) is 42.5 Å². The van der Waals surface area contributed by atoms with E-state index >= 15 is 0 Å². The summed E-state index contributed by atoms with van der Waals surface area (Å²) in [6.07, 6.45) is 3.46. The van der Waals surface area contributed by atoms with Crippen molar-refractivity contribution < 1.29 is 9.53 Å². The van der Waals surface area contributed by atoms with Crippen LogP contribution < -0.4 is 15.4 Å². The number of carbonyl (C=O) groups is 1. The Kier molecular flexibility index (Phi) is 5.44. The number of fused-ring (bicyclic) bond motifs is 1. The molecule has 2 aromatic carbocycles. The van der Waals surface area contributed by atoms with Crippen LogP contribution in [0.4, 0.5) is 10.8 Å². The van der Waals surface area contributed by atoms with Crippen molar-refractivity contribution in [3.63, 3.8) is 0 Å². The molecule has 6 nitrogen and oxygen atoms in total. The van der Waals surface area contributed by atoms with Gasteiger partial charge in [-0.25, -0.2) is 4.98 Å². The zero-order valence-corrected chi connectivity index (χ0v) is 15.8. The Morgan fingerprint density at radius 1 is 1.07 bits per heavy atom. The highest BCUT2D eigenvalue weighted by Crippen LogP contribution is 2.28. The quantitative estimate of drug-likeness (QED) is 0.462. The first-order chi connectivity index (χ1) is 13.8. The van der Waals surface area contributed by atoms with Gasteiger partial charge in [-0.3, -0.25) is 9.78 Å². The normalized spacial score (nSPS) is 10.6. The molecule has 2 aromatic heterocycles. The average Bonchev–Trinajstić information content (AvgIpc) is 3.14. The lowest BCUT2D eigenvalue weighted by Crippen LogP contribution is -2.28. The van der Waals surface area contributed by atoms with E-state index in [4.69, 9.17) is 4.74 Å². The van der Waals surface area contributed by atoms with Gasteiger partial charge in [-0.1, -0.05) is 29.5 Å². The Bertz CT molecular complexity index is 1070. The van der Waals surface area contributed by atoms with Crippen molar-refractivity contribution >= 4 is 38.3 Å². The summed E-state index contributed by atoms with van der Waals surface area (Å²) in [5.74, 6) is 0.658. The van der Waals surface area contributed by atoms with E-state index in [1.165, 1.54) is 11.3 Å². The van der Waals surface area contributed by atoms with E-state index in [1.54, 1.807) is 18.5 Å². The Hall–Kier alpha value is -3.45. The van der Waals surface area contributed by atoms with Gasteiger partial charge in [0.25, 0.3) is 5.91 Å². The number of ether oxygens (including phenoxy) is 1. The van der Waals surface area contributed by atoms with Gasteiger partial charge in [-0.2, -0.15) is 0 Å². The van der Waals surface area contributed by atoms with Crippen molar-refractivity contribution in [1.29, 1.82) is 0 Å². The molecule has 0 spiro atoms. The molecule has 140 valence electrons. The zero-order valence-electron chi connectivity index (χ0n) is 15.0. The summed E-state index contributed by atoms with van der Waals surface area (Å²) in [5.41, 5.74) is 2.32. The molecule has 1 amide bonds. The second-order valence-corrected chi connectivity index (χ2v) is 7.02. The molecule has 4 rings (SSSR count). The smallest absolute Gasteiger partial charge is 0.251 e. The number of hydrogen-bond acceptors (Lipinski definition) is 6. The minimum Gasteiger partial charge on any atom is -0.492 e. The summed E-state index contributed by atoms with van der Waals surface area (Å²) in [4.78, 5) is 21.0. The van der Waals surface area contributed by atoms with Crippen molar-refractivity contribution in [2.24, 2.45) is 0 Å². The Morgan fingerprint density at radius 3 is 2.79 bits per heavy atom. The third-order valence-corrected chi connectivity index (χ3v) is 4.90. The fourth-order valence-electron chi connectivity index (χ4n) is 2.63. The molecule has 7 heteroatoms. The summed E-state index contributed by atoms with van der Waals surface area (Å²) < 4.78 is 6.53. The first-order valence-electron chi connectivity index (χ1n) is 8.82. The standard InChI is InChI=1S/C21H18N4O2S/c26-20(23-11-12-27-17-6-2-1-3-7-17)15-8-9-18-19(13-15)28-21(25-18)24-16-5-4-10-22-14-16/h1-10,13-14H,11-12H2,(H,23,26)(H,24,25). The third kappa shape index (κ3) is 4.44. The highest BCUT2D eigenvalue weighted by atomic mass is 32.1. The van der Waals surface area contributed by atoms with Gasteiger partial charge >= 0.3 is 0 Å². The molecule has 2 heterocycles. The first kappa shape index (κ1) is 17.9. The van der Waals surface area contributed by atoms with E-state index in [1.807, 2.05) is 54.6 Å². The number of benzene rings is 2. The molecule has 0 saturated heterocycles. The van der Waals surface area contributed by atoms with Crippen LogP contribution in [-0.4, -0.2) is 29.0 Å². The molecule has 0 saturated carbocycles. The summed E-state index contributed by atoms with van der Waals surface area (Å²) in [5, 5.41) is 6.87. The molecule has 0 radical (unpaired) electrons. The number of rotatable bonds is 7. The number of thiazole rings is 1. The molecular weight excluding hydrogens is 372 g/mol. The van der Waals surface area contributed by atoms with E-state index < -0.39 is 0 Å². The minimum atomic E-state index is -0.131. The van der Waals surface area contributed by atoms with Gasteiger partial charge in [0.15, 0.2) is 5.13 Å². The van der Waals surface area contributed by atoms with E-state index in [0.29, 0.717) is 18.7 Å². The van der Waals surface area contributed by atoms with Crippen LogP contribution in [-0.2, 0) is 0 Å². The highest BCUT2D eigenvalue weighted by Gasteiger charge is 2.10. The molecule has 4 aromatic rings. The van der Waals surface area contributed by atoms with Gasteiger partial charge in [-0.15, -0.1) is 0 Å². The maximum atomic E-state index is 12.4. The largest absolute Gasteiger partial charge is 0.492 e. The summed E-state index contributed by atoms with van der Waals surface area (Å²) in [7, 11) is 0. The van der Waals surface area contributed by atoms with Crippen LogP contribution in [0.15, 0.2) is 73.1 Å². The van der Waals surface area contributed by atoms with Crippen LogP contribution in [0.25, 0.3) is 10.2 Å². The lowest BCUT2D eigenvalue weighted by Gasteiger charge is -2.07. The average molecular weight is 390 g/mol. The summed E-state index contributed by atoms with van der Waals surface area (Å²) in [6, 6.07) is 18.8. The van der Waals surface area contributed by atoms with Crippen molar-refractivity contribution in [2.75, 3.05) is 18.5 Å². The molecule has 0 atom stereocenters. The zero-order chi connectivity index (χ0) is 19.2. The van der Waals surface area contributed by atoms with Gasteiger partial charge < -0.3 is 15.4 Å². The maximum Gasteiger partial charge on any atom is 0.251 e. The predicted molar refractivity (Wildman–Crippen MR) is 111 cm³/mol. The molecule has 0 unspecified atom stereocenters. The topological polar surface area (TPSA) is 76.1 Å². The number of hydrogen-bond donors (Lipinski definition) is 2. The molecular formula is C21H18N4O2S. The van der Waals surface area contributed by atoms with Crippen LogP contribution in [0.1, 0.15) is 10.4 Å². The van der Waals surface area contributed by atoms with E-state index in [9.17, 15) is 4.79 Å². The number of carbonyl (C=O) groups excluding carboxylic acids is 1. The predicted octanol–water partition coefficient (Wildman–Crippen LogP) is 4.24. The van der Waals surface area contributed by atoms with Crippen molar-refractivity contribution in [3.05, 3.63) is 78.6 Å². The van der Waals surface area contributed by atoms with E-state index in [2.05, 4.69) is 20.6 Å². The monoisotopic (exact) mass is 390 g/mol. The number of nitrogens with one attached hydrogen (secondary N) is 2. The van der Waals surface area contributed by atoms with Crippen molar-refractivity contribution in [1.82, 2.24) is 15.3 Å². The summed E-state index contributed by atoms with van der Waals surface area (Å²) >= 11 is 1.49. The summed E-state index contributed by atoms with van der Waals surface area (Å²) in [6.45, 7) is 0.847. The molecule has 0 fully saturated rings. The van der Waals surface area contributed by atoms with Crippen LogP contribution in [0.2, 0.25) is 0 Å². The number of nitrogens with zero attached hydrogens (tertiary/aromatic N) is 2. The van der Waals surface area contributed by atoms with Gasteiger partial charge in [0, 0.05) is 11.8 Å². The highest BCUT2D eigenvalue weighted by molar-refractivity contribution is 7.22. The van der Waals surface area contributed by atoms with Crippen LogP contribution in [0, 0.1) is 0 Å². The van der Waals surface area contributed by atoms with Gasteiger partial charge in [0.2, 0.25) is 0 Å². The molecule has 0 aliphatic carbocycles. The van der Waals surface area contributed by atoms with Crippen molar-refractivity contribution in [3.8, 4) is 5.75 Å². The molecule has 2 N–H and O–H groups in total. The van der Waals surface area contributed by atoms with Crippen molar-refractivity contribution in [2.45, 2.75) is 0 Å². The fourth-order valence-corrected chi connectivity index (χ4v) is 3.56. The third-order valence-electron chi connectivity index (χ3n) is 3.96. The maximum absolute atomic E-state index is 12.4. The Labute approximate surface area is 166 Å². The van der Waals surface area contributed by atoms with Gasteiger partial charge in [0.05, 0.1) is 28.6 Å². The first-order valence-corrected chi connectivity index (χ1v) is 9.63. The second kappa shape index (κ2) is 8.49. The molecule has 0 bridgehead atoms. The molecule has 0 aliphatic rings. The van der Waals surface area contributed by atoms with E-state index in [0.717, 1.165) is 26.8 Å². The number of amides is 1. The Balaban J connectivity index is 1.36. The van der Waals surface area contributed by atoms with Crippen LogP contribution in [0.3, 0.4) is 0 Å².